The molecule has 0 aromatic rings. The Morgan fingerprint density at radius 3 is 2.53 bits per heavy atom. The van der Waals surface area contributed by atoms with Crippen LogP contribution in [0.25, 0.3) is 0 Å². The van der Waals surface area contributed by atoms with E-state index in [1.807, 2.05) is 0 Å². The molecule has 2 heteroatoms. The fourth-order valence-electron chi connectivity index (χ4n) is 8.50. The van der Waals surface area contributed by atoms with Crippen LogP contribution in [0.5, 0.6) is 0 Å². The Morgan fingerprint density at radius 2 is 1.83 bits per heavy atom. The number of hydrogen-bond donors (Lipinski definition) is 2. The number of rotatable bonds is 5. The Kier molecular flexibility index (Phi) is 6.08. The normalized spacial score (nSPS) is 45.2. The van der Waals surface area contributed by atoms with Crippen LogP contribution >= 0.6 is 0 Å². The molecule has 0 spiro atoms. The average molecular weight is 415 g/mol. The van der Waals surface area contributed by atoms with E-state index in [-0.39, 0.29) is 12.2 Å². The number of fused-ring (bicyclic) bond motifs is 5. The van der Waals surface area contributed by atoms with Crippen LogP contribution in [0.3, 0.4) is 0 Å². The topological polar surface area (TPSA) is 40.5 Å². The molecule has 0 saturated heterocycles. The van der Waals surface area contributed by atoms with Gasteiger partial charge in [-0.15, -0.1) is 0 Å². The average Bonchev–Trinajstić information content (AvgIpc) is 3.04. The maximum Gasteiger partial charge on any atom is 0.0605 e. The van der Waals surface area contributed by atoms with Crippen molar-refractivity contribution >= 4 is 0 Å². The molecule has 30 heavy (non-hydrogen) atoms. The fraction of sp³-hybridized carbons (Fsp3) is 0.857. The summed E-state index contributed by atoms with van der Waals surface area (Å²) in [4.78, 5) is 0. The van der Waals surface area contributed by atoms with Crippen molar-refractivity contribution in [3.8, 4) is 0 Å². The molecular weight excluding hydrogens is 368 g/mol. The highest BCUT2D eigenvalue weighted by molar-refractivity contribution is 5.25. The number of allylic oxidation sites excluding steroid dienone is 1. The van der Waals surface area contributed by atoms with Crippen molar-refractivity contribution in [1.82, 2.24) is 0 Å². The van der Waals surface area contributed by atoms with Gasteiger partial charge in [0.25, 0.3) is 0 Å². The van der Waals surface area contributed by atoms with Crippen molar-refractivity contribution in [2.75, 3.05) is 0 Å². The van der Waals surface area contributed by atoms with Gasteiger partial charge in [0.2, 0.25) is 0 Å². The quantitative estimate of drug-likeness (QED) is 0.502. The molecule has 0 aliphatic heterocycles. The summed E-state index contributed by atoms with van der Waals surface area (Å²) in [6, 6.07) is 0. The summed E-state index contributed by atoms with van der Waals surface area (Å²) in [6.07, 6.45) is 12.5. The summed E-state index contributed by atoms with van der Waals surface area (Å²) in [7, 11) is 0. The van der Waals surface area contributed by atoms with Crippen molar-refractivity contribution < 1.29 is 10.2 Å². The predicted molar refractivity (Wildman–Crippen MR) is 125 cm³/mol. The Balaban J connectivity index is 1.52. The van der Waals surface area contributed by atoms with Crippen molar-refractivity contribution in [3.63, 3.8) is 0 Å². The molecule has 3 fully saturated rings. The van der Waals surface area contributed by atoms with Gasteiger partial charge in [-0.05, 0) is 104 Å². The summed E-state index contributed by atoms with van der Waals surface area (Å²) in [6.45, 7) is 16.0. The van der Waals surface area contributed by atoms with Gasteiger partial charge in [-0.1, -0.05) is 58.4 Å². The second-order valence-electron chi connectivity index (χ2n) is 12.3. The summed E-state index contributed by atoms with van der Waals surface area (Å²) in [5, 5.41) is 21.3. The largest absolute Gasteiger partial charge is 0.393 e. The van der Waals surface area contributed by atoms with E-state index >= 15 is 0 Å². The Morgan fingerprint density at radius 1 is 1.10 bits per heavy atom. The van der Waals surface area contributed by atoms with Crippen LogP contribution < -0.4 is 0 Å². The molecule has 2 nitrogen and oxygen atoms in total. The van der Waals surface area contributed by atoms with Crippen molar-refractivity contribution in [2.24, 2.45) is 46.3 Å². The zero-order valence-corrected chi connectivity index (χ0v) is 20.2. The van der Waals surface area contributed by atoms with Crippen LogP contribution in [0.15, 0.2) is 23.8 Å². The fourth-order valence-corrected chi connectivity index (χ4v) is 8.50. The second-order valence-corrected chi connectivity index (χ2v) is 12.3. The lowest BCUT2D eigenvalue weighted by Gasteiger charge is -2.58. The molecule has 4 aliphatic rings. The van der Waals surface area contributed by atoms with E-state index in [4.69, 9.17) is 0 Å². The number of aliphatic hydroxyl groups is 2. The maximum absolute atomic E-state index is 11.1. The highest BCUT2D eigenvalue weighted by atomic mass is 16.3. The van der Waals surface area contributed by atoms with Crippen LogP contribution in [-0.4, -0.2) is 22.4 Å². The first kappa shape index (κ1) is 22.6. The van der Waals surface area contributed by atoms with Crippen molar-refractivity contribution in [2.45, 2.75) is 105 Å². The van der Waals surface area contributed by atoms with Gasteiger partial charge in [0.1, 0.15) is 0 Å². The summed E-state index contributed by atoms with van der Waals surface area (Å²) in [5.41, 5.74) is 3.45. The van der Waals surface area contributed by atoms with Gasteiger partial charge in [-0.2, -0.15) is 0 Å². The molecule has 0 unspecified atom stereocenters. The third kappa shape index (κ3) is 3.54. The Bertz CT molecular complexity index is 693. The molecule has 2 N–H and O–H groups in total. The van der Waals surface area contributed by atoms with Gasteiger partial charge >= 0.3 is 0 Å². The molecule has 9 atom stereocenters. The molecule has 3 saturated carbocycles. The van der Waals surface area contributed by atoms with E-state index in [1.165, 1.54) is 44.1 Å². The van der Waals surface area contributed by atoms with Gasteiger partial charge in [-0.25, -0.2) is 0 Å². The predicted octanol–water partition coefficient (Wildman–Crippen LogP) is 6.53. The van der Waals surface area contributed by atoms with Crippen LogP contribution in [0.2, 0.25) is 0 Å². The molecule has 0 amide bonds. The van der Waals surface area contributed by atoms with E-state index in [0.717, 1.165) is 37.0 Å². The molecular formula is C28H46O2. The summed E-state index contributed by atoms with van der Waals surface area (Å²) in [5.74, 6) is 3.82. The molecule has 0 bridgehead atoms. The lowest BCUT2D eigenvalue weighted by atomic mass is 9.47. The first-order valence-electron chi connectivity index (χ1n) is 12.8. The standard InChI is InChI=1S/C28H46O2/c1-17(2)18(3)15-26(30)19(4)23-9-10-24-22-8-7-20-16-21(29)11-13-27(20,5)25(22)12-14-28(23,24)6/h7,17,19,21-26,29-30H,3,8-16H2,1-2,4-6H3/t19-,21-,22-,23+,24-,25-,26-,27-,28+/m0/s1. The first-order chi connectivity index (χ1) is 14.1. The smallest absolute Gasteiger partial charge is 0.0605 e. The third-order valence-electron chi connectivity index (χ3n) is 10.7. The van der Waals surface area contributed by atoms with Gasteiger partial charge in [0.05, 0.1) is 12.2 Å². The van der Waals surface area contributed by atoms with Gasteiger partial charge in [-0.3, -0.25) is 0 Å². The van der Waals surface area contributed by atoms with Crippen molar-refractivity contribution in [1.29, 1.82) is 0 Å². The van der Waals surface area contributed by atoms with E-state index in [1.54, 1.807) is 5.57 Å². The number of hydrogen-bond acceptors (Lipinski definition) is 2. The summed E-state index contributed by atoms with van der Waals surface area (Å²) >= 11 is 0. The lowest BCUT2D eigenvalue weighted by Crippen LogP contribution is -2.51. The Labute approximate surface area is 185 Å². The minimum absolute atomic E-state index is 0.117. The highest BCUT2D eigenvalue weighted by Crippen LogP contribution is 2.67. The van der Waals surface area contributed by atoms with Crippen LogP contribution in [-0.2, 0) is 0 Å². The SMILES string of the molecule is C=C(C[C@H](O)[C@@H](C)[C@H]1CC[C@H]2[C@@H]3CC=C4C[C@@H](O)CC[C@]4(C)[C@H]3CC[C@]12C)C(C)C. The summed E-state index contributed by atoms with van der Waals surface area (Å²) < 4.78 is 0. The molecule has 0 aromatic carbocycles. The lowest BCUT2D eigenvalue weighted by molar-refractivity contribution is -0.0672. The molecule has 0 radical (unpaired) electrons. The minimum atomic E-state index is -0.256. The van der Waals surface area contributed by atoms with Gasteiger partial charge < -0.3 is 10.2 Å². The second kappa shape index (κ2) is 8.07. The van der Waals surface area contributed by atoms with Crippen LogP contribution in [0.1, 0.15) is 92.4 Å². The molecule has 4 rings (SSSR count). The van der Waals surface area contributed by atoms with Crippen LogP contribution in [0, 0.1) is 46.3 Å². The molecule has 170 valence electrons. The van der Waals surface area contributed by atoms with Gasteiger partial charge in [0, 0.05) is 0 Å². The third-order valence-corrected chi connectivity index (χ3v) is 10.7. The van der Waals surface area contributed by atoms with E-state index in [9.17, 15) is 10.2 Å². The van der Waals surface area contributed by atoms with E-state index in [2.05, 4.69) is 47.3 Å². The number of aliphatic hydroxyl groups excluding tert-OH is 2. The molecule has 4 aliphatic carbocycles. The zero-order chi connectivity index (χ0) is 21.8. The van der Waals surface area contributed by atoms with Gasteiger partial charge in [0.15, 0.2) is 0 Å². The zero-order valence-electron chi connectivity index (χ0n) is 20.2. The monoisotopic (exact) mass is 414 g/mol. The molecule has 0 heterocycles. The maximum atomic E-state index is 11.1. The Hall–Kier alpha value is -0.600. The van der Waals surface area contributed by atoms with E-state index < -0.39 is 0 Å². The minimum Gasteiger partial charge on any atom is -0.393 e. The van der Waals surface area contributed by atoms with E-state index in [0.29, 0.717) is 28.6 Å². The highest BCUT2D eigenvalue weighted by Gasteiger charge is 2.59. The van der Waals surface area contributed by atoms with Crippen molar-refractivity contribution in [3.05, 3.63) is 23.8 Å². The molecule has 0 aromatic heterocycles. The van der Waals surface area contributed by atoms with Crippen LogP contribution in [0.4, 0.5) is 0 Å². The first-order valence-corrected chi connectivity index (χ1v) is 12.8.